The molecular formula is C51H83NO8. The van der Waals surface area contributed by atoms with Crippen LogP contribution < -0.4 is 5.32 Å². The van der Waals surface area contributed by atoms with Crippen molar-refractivity contribution in [2.75, 3.05) is 13.2 Å². The largest absolute Gasteiger partial charge is 0.394 e. The third-order valence-corrected chi connectivity index (χ3v) is 10.1. The molecular weight excluding hydrogens is 755 g/mol. The van der Waals surface area contributed by atoms with Crippen LogP contribution in [0.5, 0.6) is 0 Å². The minimum atomic E-state index is -1.56. The standard InChI is InChI=1S/C51H83NO8/c1-3-5-7-9-10-11-12-13-14-15-16-17-18-19-20-21-22-23-24-25-26-27-28-29-30-31-32-33-34-35-36-37-39-41-47(55)52-44(45(54)40-38-8-6-4-2)43-59-51-50(58)49(57)48(56)46(42-53)60-51/h5,7,10-11,13-14,16-17,19-20,22-23,25-26,28-29,31-32,44-46,48-51,53-54,56-58H,3-4,6,8-9,12,15,18,21,24,27,30,33-43H2,1-2H3,(H,52,55)/b7-5-,11-10-,14-13-,17-16-,20-19-,23-22-,26-25-,29-28-,32-31-. The maximum Gasteiger partial charge on any atom is 0.220 e. The summed E-state index contributed by atoms with van der Waals surface area (Å²) < 4.78 is 11.1. The first-order chi connectivity index (χ1) is 29.3. The van der Waals surface area contributed by atoms with E-state index in [1.54, 1.807) is 0 Å². The molecule has 9 nitrogen and oxygen atoms in total. The summed E-state index contributed by atoms with van der Waals surface area (Å²) in [6.45, 7) is 3.55. The van der Waals surface area contributed by atoms with E-state index in [2.05, 4.69) is 129 Å². The molecule has 0 aromatic carbocycles. The number of amides is 1. The van der Waals surface area contributed by atoms with Crippen LogP contribution in [0.3, 0.4) is 0 Å². The van der Waals surface area contributed by atoms with Gasteiger partial charge in [-0.1, -0.05) is 168 Å². The Morgan fingerprint density at radius 2 is 1.03 bits per heavy atom. The number of allylic oxidation sites excluding steroid dienone is 18. The number of ether oxygens (including phenoxy) is 2. The van der Waals surface area contributed by atoms with Gasteiger partial charge in [0.25, 0.3) is 0 Å². The normalized spacial score (nSPS) is 21.6. The monoisotopic (exact) mass is 838 g/mol. The zero-order valence-electron chi connectivity index (χ0n) is 37.2. The summed E-state index contributed by atoms with van der Waals surface area (Å²) in [5.74, 6) is -0.179. The highest BCUT2D eigenvalue weighted by Crippen LogP contribution is 2.23. The minimum Gasteiger partial charge on any atom is -0.394 e. The average molecular weight is 838 g/mol. The van der Waals surface area contributed by atoms with Gasteiger partial charge in [0.05, 0.1) is 25.4 Å². The molecule has 1 heterocycles. The van der Waals surface area contributed by atoms with Crippen LogP contribution in [-0.2, 0) is 14.3 Å². The van der Waals surface area contributed by atoms with Gasteiger partial charge < -0.3 is 40.3 Å². The van der Waals surface area contributed by atoms with Gasteiger partial charge in [0, 0.05) is 6.42 Å². The van der Waals surface area contributed by atoms with Crippen molar-refractivity contribution in [1.82, 2.24) is 5.32 Å². The van der Waals surface area contributed by atoms with Crippen LogP contribution in [0.15, 0.2) is 109 Å². The molecule has 1 aliphatic rings. The van der Waals surface area contributed by atoms with Crippen LogP contribution in [0.1, 0.15) is 149 Å². The molecule has 7 unspecified atom stereocenters. The zero-order chi connectivity index (χ0) is 43.7. The van der Waals surface area contributed by atoms with Crippen LogP contribution in [0, 0.1) is 0 Å². The van der Waals surface area contributed by atoms with Crippen molar-refractivity contribution in [3.8, 4) is 0 Å². The molecule has 0 radical (unpaired) electrons. The van der Waals surface area contributed by atoms with Crippen LogP contribution >= 0.6 is 0 Å². The summed E-state index contributed by atoms with van der Waals surface area (Å²) >= 11 is 0. The van der Waals surface area contributed by atoms with E-state index in [1.165, 1.54) is 0 Å². The molecule has 1 amide bonds. The van der Waals surface area contributed by atoms with E-state index in [1.807, 2.05) is 0 Å². The molecule has 1 fully saturated rings. The Balaban J connectivity index is 2.13. The molecule has 9 heteroatoms. The van der Waals surface area contributed by atoms with Gasteiger partial charge in [-0.3, -0.25) is 4.79 Å². The van der Waals surface area contributed by atoms with Crippen molar-refractivity contribution < 1.29 is 39.8 Å². The molecule has 340 valence electrons. The Morgan fingerprint density at radius 1 is 0.583 bits per heavy atom. The number of hydrogen-bond donors (Lipinski definition) is 6. The van der Waals surface area contributed by atoms with Crippen LogP contribution in [0.25, 0.3) is 0 Å². The topological polar surface area (TPSA) is 149 Å². The van der Waals surface area contributed by atoms with E-state index in [4.69, 9.17) is 9.47 Å². The van der Waals surface area contributed by atoms with E-state index in [-0.39, 0.29) is 12.5 Å². The van der Waals surface area contributed by atoms with Crippen molar-refractivity contribution in [2.45, 2.75) is 192 Å². The van der Waals surface area contributed by atoms with Gasteiger partial charge in [0.1, 0.15) is 24.4 Å². The Kier molecular flexibility index (Phi) is 36.5. The highest BCUT2D eigenvalue weighted by molar-refractivity contribution is 5.76. The van der Waals surface area contributed by atoms with Crippen LogP contribution in [-0.4, -0.2) is 87.5 Å². The van der Waals surface area contributed by atoms with Crippen molar-refractivity contribution in [1.29, 1.82) is 0 Å². The number of hydrogen-bond acceptors (Lipinski definition) is 8. The second-order valence-corrected chi connectivity index (χ2v) is 15.5. The van der Waals surface area contributed by atoms with Crippen molar-refractivity contribution >= 4 is 5.91 Å². The van der Waals surface area contributed by atoms with Gasteiger partial charge in [0.2, 0.25) is 5.91 Å². The molecule has 0 aromatic heterocycles. The first-order valence-corrected chi connectivity index (χ1v) is 23.1. The lowest BCUT2D eigenvalue weighted by Crippen LogP contribution is -2.60. The van der Waals surface area contributed by atoms with E-state index in [0.29, 0.717) is 12.8 Å². The summed E-state index contributed by atoms with van der Waals surface area (Å²) in [4.78, 5) is 12.8. The number of aliphatic hydroxyl groups is 5. The van der Waals surface area contributed by atoms with Crippen molar-refractivity contribution in [2.24, 2.45) is 0 Å². The molecule has 1 rings (SSSR count). The zero-order valence-corrected chi connectivity index (χ0v) is 37.2. The van der Waals surface area contributed by atoms with E-state index in [9.17, 15) is 30.3 Å². The molecule has 0 aromatic rings. The van der Waals surface area contributed by atoms with Gasteiger partial charge in [-0.25, -0.2) is 0 Å². The number of nitrogens with one attached hydrogen (secondary N) is 1. The maximum absolute atomic E-state index is 12.8. The molecule has 0 aliphatic carbocycles. The highest BCUT2D eigenvalue weighted by Gasteiger charge is 2.44. The average Bonchev–Trinajstić information content (AvgIpc) is 3.25. The molecule has 0 saturated carbocycles. The molecule has 1 saturated heterocycles. The first-order valence-electron chi connectivity index (χ1n) is 23.1. The Bertz CT molecular complexity index is 1300. The third kappa shape index (κ3) is 30.0. The maximum atomic E-state index is 12.8. The third-order valence-electron chi connectivity index (χ3n) is 10.1. The van der Waals surface area contributed by atoms with Crippen LogP contribution in [0.2, 0.25) is 0 Å². The lowest BCUT2D eigenvalue weighted by molar-refractivity contribution is -0.302. The number of aliphatic hydroxyl groups excluding tert-OH is 5. The molecule has 1 aliphatic heterocycles. The van der Waals surface area contributed by atoms with Crippen molar-refractivity contribution in [3.05, 3.63) is 109 Å². The fourth-order valence-corrected chi connectivity index (χ4v) is 6.44. The first kappa shape index (κ1) is 54.9. The number of rotatable bonds is 36. The summed E-state index contributed by atoms with van der Waals surface area (Å²) in [5, 5.41) is 53.7. The predicted octanol–water partition coefficient (Wildman–Crippen LogP) is 9.89. The van der Waals surface area contributed by atoms with Gasteiger partial charge in [0.15, 0.2) is 6.29 Å². The lowest BCUT2D eigenvalue weighted by Gasteiger charge is -2.40. The smallest absolute Gasteiger partial charge is 0.220 e. The Hall–Kier alpha value is -3.15. The summed E-state index contributed by atoms with van der Waals surface area (Å²) in [5.41, 5.74) is 0. The molecule has 60 heavy (non-hydrogen) atoms. The number of carbonyl (C=O) groups excluding carboxylic acids is 1. The number of unbranched alkanes of at least 4 members (excludes halogenated alkanes) is 8. The van der Waals surface area contributed by atoms with Gasteiger partial charge >= 0.3 is 0 Å². The Morgan fingerprint density at radius 3 is 1.52 bits per heavy atom. The van der Waals surface area contributed by atoms with E-state index < -0.39 is 49.5 Å². The van der Waals surface area contributed by atoms with Crippen LogP contribution in [0.4, 0.5) is 0 Å². The molecule has 0 spiro atoms. The van der Waals surface area contributed by atoms with Crippen molar-refractivity contribution in [3.63, 3.8) is 0 Å². The van der Waals surface area contributed by atoms with Gasteiger partial charge in [-0.2, -0.15) is 0 Å². The second-order valence-electron chi connectivity index (χ2n) is 15.5. The minimum absolute atomic E-state index is 0.157. The lowest BCUT2D eigenvalue weighted by atomic mass is 9.99. The van der Waals surface area contributed by atoms with E-state index >= 15 is 0 Å². The summed E-state index contributed by atoms with van der Waals surface area (Å²) in [7, 11) is 0. The Labute approximate surface area is 364 Å². The van der Waals surface area contributed by atoms with Gasteiger partial charge in [-0.05, 0) is 83.5 Å². The van der Waals surface area contributed by atoms with E-state index in [0.717, 1.165) is 122 Å². The molecule has 7 atom stereocenters. The highest BCUT2D eigenvalue weighted by atomic mass is 16.7. The quantitative estimate of drug-likeness (QED) is 0.0270. The SMILES string of the molecule is CC/C=C\C/C=C\C/C=C\C/C=C\C/C=C\C/C=C\C/C=C\C/C=C\C/C=C\CCCCCCCC(=O)NC(COC1OC(CO)C(O)C(O)C1O)C(O)CCCCCC. The molecule has 6 N–H and O–H groups in total. The predicted molar refractivity (Wildman–Crippen MR) is 248 cm³/mol. The fraction of sp³-hybridized carbons (Fsp3) is 0.627. The molecule has 0 bridgehead atoms. The van der Waals surface area contributed by atoms with Gasteiger partial charge in [-0.15, -0.1) is 0 Å². The second kappa shape index (κ2) is 40.0. The number of carbonyl (C=O) groups is 1. The summed E-state index contributed by atoms with van der Waals surface area (Å²) in [6.07, 6.45) is 51.7. The fourth-order valence-electron chi connectivity index (χ4n) is 6.44. The summed E-state index contributed by atoms with van der Waals surface area (Å²) in [6, 6.07) is -0.733.